The molecule has 0 saturated carbocycles. The van der Waals surface area contributed by atoms with Crippen LogP contribution in [0.2, 0.25) is 0 Å². The summed E-state index contributed by atoms with van der Waals surface area (Å²) in [6.07, 6.45) is 1.75. The van der Waals surface area contributed by atoms with Crippen LogP contribution in [0.15, 0.2) is 27.6 Å². The SMILES string of the molecule is CCC(CC)N(CCO)C(=O)c1ccc(Br)cc1S. The van der Waals surface area contributed by atoms with E-state index in [0.717, 1.165) is 17.3 Å². The predicted molar refractivity (Wildman–Crippen MR) is 83.9 cm³/mol. The standard InChI is InChI=1S/C14H20BrNO2S/c1-3-11(4-2)16(7-8-17)14(18)12-6-5-10(15)9-13(12)19/h5-6,9,11,17,19H,3-4,7-8H2,1-2H3. The maximum Gasteiger partial charge on any atom is 0.255 e. The van der Waals surface area contributed by atoms with Gasteiger partial charge in [-0.05, 0) is 31.0 Å². The van der Waals surface area contributed by atoms with E-state index in [2.05, 4.69) is 42.4 Å². The molecule has 1 rings (SSSR count). The van der Waals surface area contributed by atoms with Crippen molar-refractivity contribution in [2.24, 2.45) is 0 Å². The van der Waals surface area contributed by atoms with Crippen LogP contribution in [0.1, 0.15) is 37.0 Å². The van der Waals surface area contributed by atoms with Crippen LogP contribution in [0.25, 0.3) is 0 Å². The van der Waals surface area contributed by atoms with Gasteiger partial charge < -0.3 is 10.0 Å². The highest BCUT2D eigenvalue weighted by atomic mass is 79.9. The summed E-state index contributed by atoms with van der Waals surface area (Å²) in [7, 11) is 0. The highest BCUT2D eigenvalue weighted by molar-refractivity contribution is 9.10. The maximum atomic E-state index is 12.6. The van der Waals surface area contributed by atoms with E-state index in [1.807, 2.05) is 6.07 Å². The second-order valence-corrected chi connectivity index (χ2v) is 5.75. The second-order valence-electron chi connectivity index (χ2n) is 4.35. The van der Waals surface area contributed by atoms with Gasteiger partial charge in [-0.25, -0.2) is 0 Å². The molecule has 106 valence electrons. The molecule has 1 N–H and O–H groups in total. The van der Waals surface area contributed by atoms with Crippen molar-refractivity contribution in [2.75, 3.05) is 13.2 Å². The number of aliphatic hydroxyl groups is 1. The Morgan fingerprint density at radius 3 is 2.53 bits per heavy atom. The van der Waals surface area contributed by atoms with Crippen LogP contribution >= 0.6 is 28.6 Å². The predicted octanol–water partition coefficient (Wildman–Crippen LogP) is 3.36. The van der Waals surface area contributed by atoms with Gasteiger partial charge in [0.2, 0.25) is 0 Å². The topological polar surface area (TPSA) is 40.5 Å². The van der Waals surface area contributed by atoms with Crippen LogP contribution in [0.4, 0.5) is 0 Å². The van der Waals surface area contributed by atoms with Crippen molar-refractivity contribution in [2.45, 2.75) is 37.6 Å². The van der Waals surface area contributed by atoms with Crippen LogP contribution in [0.3, 0.4) is 0 Å². The van der Waals surface area contributed by atoms with E-state index < -0.39 is 0 Å². The van der Waals surface area contributed by atoms with Crippen molar-refractivity contribution in [3.8, 4) is 0 Å². The molecule has 0 radical (unpaired) electrons. The van der Waals surface area contributed by atoms with Gasteiger partial charge in [0.15, 0.2) is 0 Å². The zero-order chi connectivity index (χ0) is 14.4. The summed E-state index contributed by atoms with van der Waals surface area (Å²) >= 11 is 7.71. The molecule has 0 bridgehead atoms. The summed E-state index contributed by atoms with van der Waals surface area (Å²) < 4.78 is 0.894. The first kappa shape index (κ1) is 16.5. The second kappa shape index (κ2) is 7.92. The molecular weight excluding hydrogens is 326 g/mol. The van der Waals surface area contributed by atoms with E-state index >= 15 is 0 Å². The molecule has 1 amide bonds. The van der Waals surface area contributed by atoms with E-state index in [0.29, 0.717) is 17.0 Å². The van der Waals surface area contributed by atoms with E-state index in [9.17, 15) is 4.79 Å². The van der Waals surface area contributed by atoms with E-state index in [1.54, 1.807) is 17.0 Å². The van der Waals surface area contributed by atoms with Gasteiger partial charge in [-0.2, -0.15) is 0 Å². The molecule has 0 aliphatic rings. The molecule has 0 aliphatic heterocycles. The number of carbonyl (C=O) groups is 1. The normalized spacial score (nSPS) is 10.8. The molecule has 0 saturated heterocycles. The van der Waals surface area contributed by atoms with Gasteiger partial charge >= 0.3 is 0 Å². The first-order valence-corrected chi connectivity index (χ1v) is 7.69. The molecule has 19 heavy (non-hydrogen) atoms. The number of halogens is 1. The maximum absolute atomic E-state index is 12.6. The number of rotatable bonds is 6. The molecule has 0 unspecified atom stereocenters. The summed E-state index contributed by atoms with van der Waals surface area (Å²) in [6, 6.07) is 5.55. The Balaban J connectivity index is 3.04. The van der Waals surface area contributed by atoms with Crippen molar-refractivity contribution in [1.82, 2.24) is 4.90 Å². The smallest absolute Gasteiger partial charge is 0.255 e. The summed E-state index contributed by atoms with van der Waals surface area (Å²) in [5.74, 6) is -0.0692. The fourth-order valence-electron chi connectivity index (χ4n) is 2.13. The number of thiol groups is 1. The number of carbonyl (C=O) groups excluding carboxylic acids is 1. The van der Waals surface area contributed by atoms with Gasteiger partial charge in [-0.3, -0.25) is 4.79 Å². The van der Waals surface area contributed by atoms with Gasteiger partial charge in [0, 0.05) is 22.0 Å². The summed E-state index contributed by atoms with van der Waals surface area (Å²) in [5, 5.41) is 9.17. The molecule has 0 heterocycles. The first-order chi connectivity index (χ1) is 9.04. The average Bonchev–Trinajstić information content (AvgIpc) is 2.38. The van der Waals surface area contributed by atoms with Gasteiger partial charge in [-0.15, -0.1) is 12.6 Å². The van der Waals surface area contributed by atoms with Crippen LogP contribution in [-0.2, 0) is 0 Å². The van der Waals surface area contributed by atoms with Crippen molar-refractivity contribution < 1.29 is 9.90 Å². The summed E-state index contributed by atoms with van der Waals surface area (Å²) in [4.78, 5) is 15.0. The summed E-state index contributed by atoms with van der Waals surface area (Å²) in [5.41, 5.74) is 0.576. The number of hydrogen-bond acceptors (Lipinski definition) is 3. The lowest BCUT2D eigenvalue weighted by atomic mass is 10.1. The van der Waals surface area contributed by atoms with Crippen LogP contribution < -0.4 is 0 Å². The Morgan fingerprint density at radius 1 is 1.42 bits per heavy atom. The molecule has 0 aromatic heterocycles. The third-order valence-electron chi connectivity index (χ3n) is 3.18. The van der Waals surface area contributed by atoms with Gasteiger partial charge in [-0.1, -0.05) is 29.8 Å². The third-order valence-corrected chi connectivity index (χ3v) is 4.04. The largest absolute Gasteiger partial charge is 0.395 e. The Kier molecular flexibility index (Phi) is 6.89. The lowest BCUT2D eigenvalue weighted by Crippen LogP contribution is -2.41. The lowest BCUT2D eigenvalue weighted by Gasteiger charge is -2.30. The molecule has 0 atom stereocenters. The Morgan fingerprint density at radius 2 is 2.05 bits per heavy atom. The van der Waals surface area contributed by atoms with E-state index in [1.165, 1.54) is 0 Å². The van der Waals surface area contributed by atoms with Crippen LogP contribution in [-0.4, -0.2) is 35.1 Å². The molecule has 5 heteroatoms. The van der Waals surface area contributed by atoms with E-state index in [-0.39, 0.29) is 18.6 Å². The highest BCUT2D eigenvalue weighted by Gasteiger charge is 2.23. The molecule has 0 aliphatic carbocycles. The summed E-state index contributed by atoms with van der Waals surface area (Å²) in [6.45, 7) is 4.43. The number of nitrogens with zero attached hydrogens (tertiary/aromatic N) is 1. The molecule has 0 fully saturated rings. The molecule has 1 aromatic carbocycles. The van der Waals surface area contributed by atoms with Gasteiger partial charge in [0.1, 0.15) is 0 Å². The third kappa shape index (κ3) is 4.23. The Hall–Kier alpha value is -0.520. The Labute approximate surface area is 128 Å². The van der Waals surface area contributed by atoms with Crippen LogP contribution in [0, 0.1) is 0 Å². The van der Waals surface area contributed by atoms with Gasteiger partial charge in [0.25, 0.3) is 5.91 Å². The number of aliphatic hydroxyl groups excluding tert-OH is 1. The van der Waals surface area contributed by atoms with Crippen molar-refractivity contribution in [3.05, 3.63) is 28.2 Å². The van der Waals surface area contributed by atoms with Gasteiger partial charge in [0.05, 0.1) is 12.2 Å². The zero-order valence-electron chi connectivity index (χ0n) is 11.3. The van der Waals surface area contributed by atoms with E-state index in [4.69, 9.17) is 5.11 Å². The molecule has 0 spiro atoms. The highest BCUT2D eigenvalue weighted by Crippen LogP contribution is 2.22. The Bertz CT molecular complexity index is 435. The molecule has 1 aromatic rings. The van der Waals surface area contributed by atoms with Crippen LogP contribution in [0.5, 0.6) is 0 Å². The number of amides is 1. The fourth-order valence-corrected chi connectivity index (χ4v) is 2.97. The minimum Gasteiger partial charge on any atom is -0.395 e. The average molecular weight is 346 g/mol. The number of benzene rings is 1. The minimum absolute atomic E-state index is 0.0271. The zero-order valence-corrected chi connectivity index (χ0v) is 13.7. The quantitative estimate of drug-likeness (QED) is 0.776. The first-order valence-electron chi connectivity index (χ1n) is 6.45. The monoisotopic (exact) mass is 345 g/mol. The van der Waals surface area contributed by atoms with Crippen molar-refractivity contribution in [1.29, 1.82) is 0 Å². The minimum atomic E-state index is -0.0692. The fraction of sp³-hybridized carbons (Fsp3) is 0.500. The van der Waals surface area contributed by atoms with Crippen molar-refractivity contribution >= 4 is 34.5 Å². The lowest BCUT2D eigenvalue weighted by molar-refractivity contribution is 0.0619. The van der Waals surface area contributed by atoms with Crippen molar-refractivity contribution in [3.63, 3.8) is 0 Å². The number of hydrogen-bond donors (Lipinski definition) is 2. The molecule has 3 nitrogen and oxygen atoms in total. The molecular formula is C14H20BrNO2S.